The van der Waals surface area contributed by atoms with Gasteiger partial charge >= 0.3 is 6.03 Å². The molecular weight excluding hydrogens is 356 g/mol. The molecule has 3 N–H and O–H groups in total. The Kier molecular flexibility index (Phi) is 6.52. The minimum Gasteiger partial charge on any atom is -0.497 e. The highest BCUT2D eigenvalue weighted by Crippen LogP contribution is 2.21. The smallest absolute Gasteiger partial charge is 0.319 e. The van der Waals surface area contributed by atoms with Crippen LogP contribution in [0.4, 0.5) is 22.1 Å². The molecule has 1 saturated heterocycles. The third-order valence-electron chi connectivity index (χ3n) is 4.65. The van der Waals surface area contributed by atoms with Gasteiger partial charge in [-0.25, -0.2) is 14.8 Å². The van der Waals surface area contributed by atoms with Crippen LogP contribution in [-0.4, -0.2) is 49.3 Å². The minimum atomic E-state index is -0.244. The molecule has 0 spiro atoms. The van der Waals surface area contributed by atoms with Crippen LogP contribution in [0.5, 0.6) is 5.75 Å². The lowest BCUT2D eigenvalue weighted by Gasteiger charge is -2.18. The zero-order chi connectivity index (χ0) is 19.9. The summed E-state index contributed by atoms with van der Waals surface area (Å²) in [7, 11) is 1.62. The van der Waals surface area contributed by atoms with E-state index in [9.17, 15) is 4.79 Å². The minimum absolute atomic E-state index is 0.244. The first-order chi connectivity index (χ1) is 13.5. The summed E-state index contributed by atoms with van der Waals surface area (Å²) in [5, 5.41) is 8.95. The van der Waals surface area contributed by atoms with Crippen molar-refractivity contribution in [3.63, 3.8) is 0 Å². The van der Waals surface area contributed by atoms with E-state index in [-0.39, 0.29) is 6.03 Å². The van der Waals surface area contributed by atoms with E-state index in [0.29, 0.717) is 13.1 Å². The topological polar surface area (TPSA) is 91.4 Å². The maximum Gasteiger partial charge on any atom is 0.319 e. The molecule has 1 fully saturated rings. The highest BCUT2D eigenvalue weighted by molar-refractivity contribution is 5.90. The zero-order valence-electron chi connectivity index (χ0n) is 16.7. The number of carbonyl (C=O) groups is 1. The van der Waals surface area contributed by atoms with Gasteiger partial charge in [-0.05, 0) is 50.5 Å². The molecule has 2 aromatic rings. The number of anilines is 3. The number of benzene rings is 1. The summed E-state index contributed by atoms with van der Waals surface area (Å²) in [5.74, 6) is 3.25. The monoisotopic (exact) mass is 384 g/mol. The summed E-state index contributed by atoms with van der Waals surface area (Å²) in [6.45, 7) is 6.96. The third kappa shape index (κ3) is 5.25. The van der Waals surface area contributed by atoms with Gasteiger partial charge in [-0.2, -0.15) is 0 Å². The second-order valence-corrected chi connectivity index (χ2v) is 6.84. The van der Waals surface area contributed by atoms with E-state index < -0.39 is 0 Å². The van der Waals surface area contributed by atoms with Crippen molar-refractivity contribution in [1.29, 1.82) is 0 Å². The Morgan fingerprint density at radius 2 is 1.93 bits per heavy atom. The number of urea groups is 1. The number of nitrogens with one attached hydrogen (secondary N) is 3. The molecule has 2 amide bonds. The van der Waals surface area contributed by atoms with Crippen LogP contribution in [0.15, 0.2) is 24.3 Å². The summed E-state index contributed by atoms with van der Waals surface area (Å²) in [6.07, 6.45) is 2.41. The van der Waals surface area contributed by atoms with Gasteiger partial charge < -0.3 is 25.6 Å². The van der Waals surface area contributed by atoms with E-state index in [1.807, 2.05) is 38.1 Å². The second kappa shape index (κ2) is 9.25. The van der Waals surface area contributed by atoms with Crippen LogP contribution >= 0.6 is 0 Å². The Morgan fingerprint density at radius 3 is 2.64 bits per heavy atom. The maximum absolute atomic E-state index is 12.1. The average molecular weight is 384 g/mol. The first-order valence-corrected chi connectivity index (χ1v) is 9.59. The van der Waals surface area contributed by atoms with Crippen molar-refractivity contribution >= 4 is 23.4 Å². The molecule has 8 heteroatoms. The normalized spacial score (nSPS) is 13.3. The lowest BCUT2D eigenvalue weighted by molar-refractivity contribution is 0.252. The van der Waals surface area contributed by atoms with Crippen molar-refractivity contribution in [2.24, 2.45) is 0 Å². The molecule has 0 unspecified atom stereocenters. The first kappa shape index (κ1) is 19.7. The predicted octanol–water partition coefficient (Wildman–Crippen LogP) is 2.94. The number of hydrogen-bond donors (Lipinski definition) is 3. The predicted molar refractivity (Wildman–Crippen MR) is 111 cm³/mol. The number of hydrogen-bond acceptors (Lipinski definition) is 6. The van der Waals surface area contributed by atoms with Crippen molar-refractivity contribution in [3.05, 3.63) is 35.7 Å². The summed E-state index contributed by atoms with van der Waals surface area (Å²) >= 11 is 0. The van der Waals surface area contributed by atoms with Gasteiger partial charge in [0.25, 0.3) is 0 Å². The maximum atomic E-state index is 12.1. The van der Waals surface area contributed by atoms with Crippen LogP contribution in [0.25, 0.3) is 0 Å². The van der Waals surface area contributed by atoms with Crippen LogP contribution in [0, 0.1) is 13.8 Å². The Balaban J connectivity index is 1.46. The summed E-state index contributed by atoms with van der Waals surface area (Å²) in [5.41, 5.74) is 1.70. The van der Waals surface area contributed by atoms with Gasteiger partial charge in [0, 0.05) is 37.9 Å². The molecule has 0 bridgehead atoms. The summed E-state index contributed by atoms with van der Waals surface area (Å²) in [4.78, 5) is 23.3. The van der Waals surface area contributed by atoms with Crippen molar-refractivity contribution in [2.75, 3.05) is 48.8 Å². The van der Waals surface area contributed by atoms with Gasteiger partial charge in [-0.1, -0.05) is 0 Å². The average Bonchev–Trinajstić information content (AvgIpc) is 3.21. The summed E-state index contributed by atoms with van der Waals surface area (Å²) < 4.78 is 5.18. The van der Waals surface area contributed by atoms with E-state index in [1.165, 1.54) is 12.8 Å². The Bertz CT molecular complexity index is 820. The van der Waals surface area contributed by atoms with E-state index in [4.69, 9.17) is 4.74 Å². The van der Waals surface area contributed by atoms with Gasteiger partial charge in [-0.3, -0.25) is 0 Å². The molecule has 0 aliphatic carbocycles. The molecule has 2 heterocycles. The van der Waals surface area contributed by atoms with Crippen molar-refractivity contribution in [2.45, 2.75) is 26.7 Å². The fourth-order valence-corrected chi connectivity index (χ4v) is 3.19. The van der Waals surface area contributed by atoms with Crippen LogP contribution < -0.4 is 25.6 Å². The molecule has 0 saturated carbocycles. The van der Waals surface area contributed by atoms with E-state index >= 15 is 0 Å². The molecule has 8 nitrogen and oxygen atoms in total. The Labute approximate surface area is 165 Å². The highest BCUT2D eigenvalue weighted by Gasteiger charge is 2.15. The van der Waals surface area contributed by atoms with E-state index in [1.54, 1.807) is 7.11 Å². The lowest BCUT2D eigenvalue weighted by Crippen LogP contribution is -2.33. The number of aromatic nitrogens is 2. The molecule has 1 aliphatic rings. The third-order valence-corrected chi connectivity index (χ3v) is 4.65. The van der Waals surface area contributed by atoms with Crippen LogP contribution in [0.3, 0.4) is 0 Å². The number of ether oxygens (including phenoxy) is 1. The lowest BCUT2D eigenvalue weighted by atomic mass is 10.2. The SMILES string of the molecule is COc1ccc(NC(=O)NCCNc2cc(N3CCCC3)nc(C)n2)c(C)c1. The molecule has 150 valence electrons. The number of nitrogens with zero attached hydrogens (tertiary/aromatic N) is 3. The fourth-order valence-electron chi connectivity index (χ4n) is 3.19. The quantitative estimate of drug-likeness (QED) is 0.636. The summed E-state index contributed by atoms with van der Waals surface area (Å²) in [6, 6.07) is 7.26. The number of aryl methyl sites for hydroxylation is 2. The first-order valence-electron chi connectivity index (χ1n) is 9.59. The molecule has 1 aromatic carbocycles. The molecule has 1 aromatic heterocycles. The van der Waals surface area contributed by atoms with Gasteiger partial charge in [-0.15, -0.1) is 0 Å². The number of carbonyl (C=O) groups excluding carboxylic acids is 1. The zero-order valence-corrected chi connectivity index (χ0v) is 16.7. The van der Waals surface area contributed by atoms with E-state index in [2.05, 4.69) is 30.8 Å². The molecule has 1 aliphatic heterocycles. The number of methoxy groups -OCH3 is 1. The number of amides is 2. The van der Waals surface area contributed by atoms with Crippen LogP contribution in [0.2, 0.25) is 0 Å². The Morgan fingerprint density at radius 1 is 1.14 bits per heavy atom. The van der Waals surface area contributed by atoms with Crippen molar-refractivity contribution in [1.82, 2.24) is 15.3 Å². The van der Waals surface area contributed by atoms with Gasteiger partial charge in [0.2, 0.25) is 0 Å². The van der Waals surface area contributed by atoms with Gasteiger partial charge in [0.15, 0.2) is 0 Å². The fraction of sp³-hybridized carbons (Fsp3) is 0.450. The van der Waals surface area contributed by atoms with Gasteiger partial charge in [0.05, 0.1) is 7.11 Å². The highest BCUT2D eigenvalue weighted by atomic mass is 16.5. The standard InChI is InChI=1S/C20H28N6O2/c1-14-12-16(28-3)6-7-17(14)25-20(27)22-9-8-21-18-13-19(24-15(2)23-18)26-10-4-5-11-26/h6-7,12-13H,4-5,8-11H2,1-3H3,(H,21,23,24)(H2,22,25,27). The molecule has 0 atom stereocenters. The Hall–Kier alpha value is -3.03. The van der Waals surface area contributed by atoms with Crippen LogP contribution in [0.1, 0.15) is 24.2 Å². The molecule has 3 rings (SSSR count). The van der Waals surface area contributed by atoms with Crippen molar-refractivity contribution < 1.29 is 9.53 Å². The molecule has 0 radical (unpaired) electrons. The second-order valence-electron chi connectivity index (χ2n) is 6.84. The number of rotatable bonds is 7. The van der Waals surface area contributed by atoms with Gasteiger partial charge in [0.1, 0.15) is 23.2 Å². The van der Waals surface area contributed by atoms with Crippen LogP contribution in [-0.2, 0) is 0 Å². The largest absolute Gasteiger partial charge is 0.497 e. The van der Waals surface area contributed by atoms with E-state index in [0.717, 1.165) is 47.5 Å². The van der Waals surface area contributed by atoms with Crippen molar-refractivity contribution in [3.8, 4) is 5.75 Å². The molecular formula is C20H28N6O2. The molecule has 28 heavy (non-hydrogen) atoms.